The van der Waals surface area contributed by atoms with Crippen molar-refractivity contribution in [3.8, 4) is 0 Å². The summed E-state index contributed by atoms with van der Waals surface area (Å²) in [7, 11) is 0. The Balaban J connectivity index is 1.38. The molecule has 32 heavy (non-hydrogen) atoms. The van der Waals surface area contributed by atoms with E-state index in [1.165, 1.54) is 35.6 Å². The zero-order chi connectivity index (χ0) is 22.8. The van der Waals surface area contributed by atoms with Gasteiger partial charge in [-0.3, -0.25) is 9.59 Å². The molecule has 2 heterocycles. The first-order chi connectivity index (χ1) is 15.3. The maximum atomic E-state index is 14.1. The summed E-state index contributed by atoms with van der Waals surface area (Å²) in [5.74, 6) is -1.75. The number of anilines is 1. The number of carbonyl (C=O) groups is 2. The molecule has 2 aromatic carbocycles. The van der Waals surface area contributed by atoms with Gasteiger partial charge in [-0.2, -0.15) is 0 Å². The van der Waals surface area contributed by atoms with Crippen LogP contribution in [0, 0.1) is 18.6 Å². The van der Waals surface area contributed by atoms with E-state index in [2.05, 4.69) is 10.3 Å². The monoisotopic (exact) mass is 475 g/mol. The van der Waals surface area contributed by atoms with Crippen molar-refractivity contribution >= 4 is 40.4 Å². The van der Waals surface area contributed by atoms with Crippen LogP contribution in [0.3, 0.4) is 0 Å². The summed E-state index contributed by atoms with van der Waals surface area (Å²) in [6, 6.07) is 8.69. The average molecular weight is 476 g/mol. The highest BCUT2D eigenvalue weighted by atomic mass is 35.5. The van der Waals surface area contributed by atoms with Crippen LogP contribution >= 0.6 is 22.9 Å². The number of aryl methyl sites for hydroxylation is 1. The first-order valence-electron chi connectivity index (χ1n) is 10.1. The van der Waals surface area contributed by atoms with Gasteiger partial charge in [0.1, 0.15) is 17.3 Å². The Morgan fingerprint density at radius 1 is 1.16 bits per heavy atom. The van der Waals surface area contributed by atoms with Crippen molar-refractivity contribution < 1.29 is 18.4 Å². The molecule has 0 unspecified atom stereocenters. The number of aromatic nitrogens is 1. The molecule has 0 spiro atoms. The van der Waals surface area contributed by atoms with Crippen LogP contribution in [0.2, 0.25) is 5.02 Å². The fourth-order valence-electron chi connectivity index (χ4n) is 3.63. The number of nitrogens with one attached hydrogen (secondary N) is 1. The summed E-state index contributed by atoms with van der Waals surface area (Å²) >= 11 is 7.40. The van der Waals surface area contributed by atoms with Crippen LogP contribution in [0.15, 0.2) is 41.8 Å². The second-order valence-corrected chi connectivity index (χ2v) is 8.95. The van der Waals surface area contributed by atoms with Crippen LogP contribution < -0.4 is 5.32 Å². The standard InChI is InChI=1S/C23H20ClF2N3O2S/c1-13-5-6-15(11-18(13)26)27-21(30)19-12-32-22(28-19)14-7-9-29(10-8-14)23(31)20-16(24)3-2-4-17(20)25/h2-6,11-12,14H,7-10H2,1H3,(H,27,30). The van der Waals surface area contributed by atoms with Gasteiger partial charge in [-0.25, -0.2) is 13.8 Å². The van der Waals surface area contributed by atoms with Crippen LogP contribution in [-0.2, 0) is 0 Å². The number of hydrogen-bond acceptors (Lipinski definition) is 4. The van der Waals surface area contributed by atoms with Gasteiger partial charge in [0, 0.05) is 30.1 Å². The van der Waals surface area contributed by atoms with E-state index in [0.29, 0.717) is 37.2 Å². The molecule has 9 heteroatoms. The van der Waals surface area contributed by atoms with Gasteiger partial charge in [0.15, 0.2) is 0 Å². The van der Waals surface area contributed by atoms with Crippen molar-refractivity contribution in [1.82, 2.24) is 9.88 Å². The SMILES string of the molecule is Cc1ccc(NC(=O)c2csc(C3CCN(C(=O)c4c(F)cccc4Cl)CC3)n2)cc1F. The Kier molecular flexibility index (Phi) is 6.53. The Bertz CT molecular complexity index is 1160. The van der Waals surface area contributed by atoms with Gasteiger partial charge in [0.2, 0.25) is 0 Å². The minimum Gasteiger partial charge on any atom is -0.338 e. The lowest BCUT2D eigenvalue weighted by molar-refractivity contribution is 0.0708. The molecule has 0 radical (unpaired) electrons. The number of rotatable bonds is 4. The first-order valence-corrected chi connectivity index (χ1v) is 11.4. The molecule has 1 aromatic heterocycles. The quantitative estimate of drug-likeness (QED) is 0.530. The summed E-state index contributed by atoms with van der Waals surface area (Å²) in [6.07, 6.45) is 1.30. The number of piperidine rings is 1. The molecule has 166 valence electrons. The largest absolute Gasteiger partial charge is 0.338 e. The molecule has 1 aliphatic heterocycles. The minimum absolute atomic E-state index is 0.0958. The third kappa shape index (κ3) is 4.66. The molecule has 0 saturated carbocycles. The van der Waals surface area contributed by atoms with E-state index in [0.717, 1.165) is 5.01 Å². The third-order valence-electron chi connectivity index (χ3n) is 5.49. The van der Waals surface area contributed by atoms with Gasteiger partial charge in [-0.1, -0.05) is 23.7 Å². The van der Waals surface area contributed by atoms with Crippen molar-refractivity contribution in [1.29, 1.82) is 0 Å². The van der Waals surface area contributed by atoms with Crippen LogP contribution in [-0.4, -0.2) is 34.8 Å². The maximum Gasteiger partial charge on any atom is 0.275 e. The molecular formula is C23H20ClF2N3O2S. The van der Waals surface area contributed by atoms with E-state index in [1.54, 1.807) is 29.3 Å². The molecule has 5 nitrogen and oxygen atoms in total. The lowest BCUT2D eigenvalue weighted by atomic mass is 9.97. The molecule has 1 fully saturated rings. The highest BCUT2D eigenvalue weighted by Crippen LogP contribution is 2.32. The van der Waals surface area contributed by atoms with Crippen molar-refractivity contribution in [2.75, 3.05) is 18.4 Å². The van der Waals surface area contributed by atoms with Crippen LogP contribution in [0.5, 0.6) is 0 Å². The van der Waals surface area contributed by atoms with E-state index in [-0.39, 0.29) is 28.0 Å². The maximum absolute atomic E-state index is 14.1. The molecule has 3 aromatic rings. The Labute approximate surface area is 193 Å². The topological polar surface area (TPSA) is 62.3 Å². The Hall–Kier alpha value is -2.84. The van der Waals surface area contributed by atoms with Gasteiger partial charge >= 0.3 is 0 Å². The van der Waals surface area contributed by atoms with Crippen molar-refractivity contribution in [3.05, 3.63) is 80.3 Å². The number of halogens is 3. The molecule has 0 aliphatic carbocycles. The number of amides is 2. The number of carbonyl (C=O) groups excluding carboxylic acids is 2. The normalized spacial score (nSPS) is 14.4. The zero-order valence-corrected chi connectivity index (χ0v) is 18.8. The number of nitrogens with zero attached hydrogens (tertiary/aromatic N) is 2. The van der Waals surface area contributed by atoms with Crippen LogP contribution in [0.4, 0.5) is 14.5 Å². The average Bonchev–Trinajstić information content (AvgIpc) is 3.27. The van der Waals surface area contributed by atoms with E-state index in [9.17, 15) is 18.4 Å². The lowest BCUT2D eigenvalue weighted by Crippen LogP contribution is -2.38. The van der Waals surface area contributed by atoms with Gasteiger partial charge in [0.25, 0.3) is 11.8 Å². The molecule has 2 amide bonds. The van der Waals surface area contributed by atoms with Gasteiger partial charge < -0.3 is 10.2 Å². The number of hydrogen-bond donors (Lipinski definition) is 1. The minimum atomic E-state index is -0.631. The third-order valence-corrected chi connectivity index (χ3v) is 6.81. The molecule has 1 N–H and O–H groups in total. The smallest absolute Gasteiger partial charge is 0.275 e. The van der Waals surface area contributed by atoms with Gasteiger partial charge in [-0.05, 0) is 49.6 Å². The highest BCUT2D eigenvalue weighted by Gasteiger charge is 2.29. The molecule has 0 atom stereocenters. The second-order valence-electron chi connectivity index (χ2n) is 7.65. The fourth-order valence-corrected chi connectivity index (χ4v) is 4.85. The number of benzene rings is 2. The fraction of sp³-hybridized carbons (Fsp3) is 0.261. The van der Waals surface area contributed by atoms with E-state index in [1.807, 2.05) is 0 Å². The summed E-state index contributed by atoms with van der Waals surface area (Å²) in [6.45, 7) is 2.54. The van der Waals surface area contributed by atoms with Crippen LogP contribution in [0.1, 0.15) is 50.2 Å². The van der Waals surface area contributed by atoms with Crippen molar-refractivity contribution in [2.45, 2.75) is 25.7 Å². The van der Waals surface area contributed by atoms with Crippen LogP contribution in [0.25, 0.3) is 0 Å². The van der Waals surface area contributed by atoms with E-state index >= 15 is 0 Å². The molecular weight excluding hydrogens is 456 g/mol. The summed E-state index contributed by atoms with van der Waals surface area (Å²) in [4.78, 5) is 31.2. The Morgan fingerprint density at radius 2 is 1.91 bits per heavy atom. The Morgan fingerprint density at radius 3 is 2.59 bits per heavy atom. The molecule has 0 bridgehead atoms. The lowest BCUT2D eigenvalue weighted by Gasteiger charge is -2.31. The summed E-state index contributed by atoms with van der Waals surface area (Å²) in [5, 5.41) is 5.24. The van der Waals surface area contributed by atoms with Gasteiger partial charge in [-0.15, -0.1) is 11.3 Å². The second kappa shape index (κ2) is 9.34. The molecule has 1 saturated heterocycles. The summed E-state index contributed by atoms with van der Waals surface area (Å²) < 4.78 is 27.8. The summed E-state index contributed by atoms with van der Waals surface area (Å²) in [5.41, 5.74) is 1.03. The first kappa shape index (κ1) is 22.4. The van der Waals surface area contributed by atoms with E-state index in [4.69, 9.17) is 11.6 Å². The van der Waals surface area contributed by atoms with E-state index < -0.39 is 17.6 Å². The number of likely N-dealkylation sites (tertiary alicyclic amines) is 1. The molecule has 4 rings (SSSR count). The molecule has 1 aliphatic rings. The predicted octanol–water partition coefficient (Wildman–Crippen LogP) is 5.66. The van der Waals surface area contributed by atoms with Crippen molar-refractivity contribution in [3.63, 3.8) is 0 Å². The highest BCUT2D eigenvalue weighted by molar-refractivity contribution is 7.10. The zero-order valence-electron chi connectivity index (χ0n) is 17.2. The van der Waals surface area contributed by atoms with Gasteiger partial charge in [0.05, 0.1) is 15.6 Å². The number of thiazole rings is 1. The predicted molar refractivity (Wildman–Crippen MR) is 120 cm³/mol. The van der Waals surface area contributed by atoms with Crippen molar-refractivity contribution in [2.24, 2.45) is 0 Å².